The lowest BCUT2D eigenvalue weighted by Gasteiger charge is -2.13. The first kappa shape index (κ1) is 12.4. The zero-order chi connectivity index (χ0) is 13.2. The molecule has 0 saturated carbocycles. The summed E-state index contributed by atoms with van der Waals surface area (Å²) in [5.74, 6) is -0.302. The number of rotatable bonds is 3. The Kier molecular flexibility index (Phi) is 3.35. The van der Waals surface area contributed by atoms with E-state index in [4.69, 9.17) is 4.74 Å². The predicted octanol–water partition coefficient (Wildman–Crippen LogP) is 2.14. The Morgan fingerprint density at radius 2 is 2.53 bits per heavy atom. The maximum Gasteiger partial charge on any atom is 0.350 e. The molecule has 6 heteroatoms. The molecule has 1 N–H and O–H groups in total. The number of thiophene rings is 1. The molecule has 100 valence electrons. The molecule has 1 fully saturated rings. The molecule has 3 heterocycles. The van der Waals surface area contributed by atoms with Gasteiger partial charge >= 0.3 is 5.97 Å². The summed E-state index contributed by atoms with van der Waals surface area (Å²) in [7, 11) is 1.40. The van der Waals surface area contributed by atoms with E-state index >= 15 is 0 Å². The van der Waals surface area contributed by atoms with Gasteiger partial charge in [-0.2, -0.15) is 0 Å². The van der Waals surface area contributed by atoms with E-state index in [0.717, 1.165) is 24.3 Å². The first-order chi connectivity index (χ1) is 9.31. The third kappa shape index (κ3) is 2.17. The van der Waals surface area contributed by atoms with Gasteiger partial charge in [0, 0.05) is 6.04 Å². The van der Waals surface area contributed by atoms with Crippen LogP contribution in [0.15, 0.2) is 24.0 Å². The standard InChI is InChI=1S/C13H15N3O2S/c1-18-13(17)12-10(4-6-19-12)16-8-14-7-11(16)9-3-2-5-15-9/h4,6-9,15H,2-3,5H2,1H3/t9-/m0/s1. The Morgan fingerprint density at radius 3 is 3.26 bits per heavy atom. The highest BCUT2D eigenvalue weighted by Crippen LogP contribution is 2.28. The molecule has 0 spiro atoms. The molecule has 3 rings (SSSR count). The van der Waals surface area contributed by atoms with E-state index in [1.807, 2.05) is 22.2 Å². The van der Waals surface area contributed by atoms with Crippen molar-refractivity contribution in [3.8, 4) is 5.69 Å². The predicted molar refractivity (Wildman–Crippen MR) is 72.8 cm³/mol. The second kappa shape index (κ2) is 5.14. The number of hydrogen-bond acceptors (Lipinski definition) is 5. The maximum absolute atomic E-state index is 11.8. The summed E-state index contributed by atoms with van der Waals surface area (Å²) in [5, 5.41) is 5.35. The second-order valence-corrected chi connectivity index (χ2v) is 5.38. The van der Waals surface area contributed by atoms with Crippen LogP contribution in [0.3, 0.4) is 0 Å². The quantitative estimate of drug-likeness (QED) is 0.873. The summed E-state index contributed by atoms with van der Waals surface area (Å²) in [5.41, 5.74) is 1.94. The fourth-order valence-electron chi connectivity index (χ4n) is 2.44. The van der Waals surface area contributed by atoms with Gasteiger partial charge in [-0.25, -0.2) is 9.78 Å². The van der Waals surface area contributed by atoms with E-state index in [1.54, 1.807) is 6.33 Å². The van der Waals surface area contributed by atoms with E-state index in [2.05, 4.69) is 10.3 Å². The molecule has 1 atom stereocenters. The van der Waals surface area contributed by atoms with E-state index in [0.29, 0.717) is 10.9 Å². The lowest BCUT2D eigenvalue weighted by molar-refractivity contribution is 0.0606. The Bertz CT molecular complexity index is 584. The van der Waals surface area contributed by atoms with Crippen LogP contribution < -0.4 is 5.32 Å². The summed E-state index contributed by atoms with van der Waals surface area (Å²) in [6, 6.07) is 2.24. The molecular formula is C13H15N3O2S. The number of nitrogens with zero attached hydrogens (tertiary/aromatic N) is 2. The Labute approximate surface area is 115 Å². The molecule has 0 bridgehead atoms. The monoisotopic (exact) mass is 277 g/mol. The zero-order valence-corrected chi connectivity index (χ0v) is 11.4. The van der Waals surface area contributed by atoms with Gasteiger partial charge in [-0.3, -0.25) is 4.57 Å². The van der Waals surface area contributed by atoms with Gasteiger partial charge in [-0.05, 0) is 30.8 Å². The van der Waals surface area contributed by atoms with Crippen molar-refractivity contribution in [3.63, 3.8) is 0 Å². The van der Waals surface area contributed by atoms with Crippen LogP contribution in [0.2, 0.25) is 0 Å². The first-order valence-electron chi connectivity index (χ1n) is 6.23. The number of esters is 1. The van der Waals surface area contributed by atoms with Crippen LogP contribution in [0.1, 0.15) is 34.2 Å². The van der Waals surface area contributed by atoms with E-state index in [1.165, 1.54) is 24.9 Å². The maximum atomic E-state index is 11.8. The topological polar surface area (TPSA) is 56.2 Å². The number of aromatic nitrogens is 2. The SMILES string of the molecule is COC(=O)c1sccc1-n1cncc1[C@@H]1CCCN1. The minimum atomic E-state index is -0.302. The Morgan fingerprint density at radius 1 is 1.63 bits per heavy atom. The number of nitrogens with one attached hydrogen (secondary N) is 1. The summed E-state index contributed by atoms with van der Waals surface area (Å²) < 4.78 is 6.80. The molecule has 0 unspecified atom stereocenters. The van der Waals surface area contributed by atoms with E-state index in [9.17, 15) is 4.79 Å². The third-order valence-electron chi connectivity index (χ3n) is 3.36. The van der Waals surface area contributed by atoms with Gasteiger partial charge in [0.15, 0.2) is 0 Å². The van der Waals surface area contributed by atoms with Crippen molar-refractivity contribution in [2.24, 2.45) is 0 Å². The number of imidazole rings is 1. The van der Waals surface area contributed by atoms with Crippen molar-refractivity contribution in [1.82, 2.24) is 14.9 Å². The molecule has 1 aliphatic heterocycles. The van der Waals surface area contributed by atoms with Crippen LogP contribution in [0.4, 0.5) is 0 Å². The van der Waals surface area contributed by atoms with Gasteiger partial charge in [0.1, 0.15) is 4.88 Å². The lowest BCUT2D eigenvalue weighted by atomic mass is 10.1. The van der Waals surface area contributed by atoms with Crippen LogP contribution in [0.5, 0.6) is 0 Å². The van der Waals surface area contributed by atoms with Crippen LogP contribution in [-0.4, -0.2) is 29.2 Å². The van der Waals surface area contributed by atoms with Crippen LogP contribution >= 0.6 is 11.3 Å². The normalized spacial score (nSPS) is 18.7. The zero-order valence-electron chi connectivity index (χ0n) is 10.6. The summed E-state index contributed by atoms with van der Waals surface area (Å²) in [6.07, 6.45) is 5.89. The van der Waals surface area contributed by atoms with Crippen molar-refractivity contribution in [2.45, 2.75) is 18.9 Å². The van der Waals surface area contributed by atoms with Crippen LogP contribution in [-0.2, 0) is 4.74 Å². The summed E-state index contributed by atoms with van der Waals surface area (Å²) in [4.78, 5) is 16.6. The number of ether oxygens (including phenoxy) is 1. The van der Waals surface area contributed by atoms with E-state index < -0.39 is 0 Å². The van der Waals surface area contributed by atoms with Crippen LogP contribution in [0, 0.1) is 0 Å². The second-order valence-electron chi connectivity index (χ2n) is 4.46. The van der Waals surface area contributed by atoms with Gasteiger partial charge in [0.25, 0.3) is 0 Å². The van der Waals surface area contributed by atoms with Gasteiger partial charge in [-0.1, -0.05) is 0 Å². The van der Waals surface area contributed by atoms with Gasteiger partial charge < -0.3 is 10.1 Å². The molecule has 19 heavy (non-hydrogen) atoms. The molecule has 0 aromatic carbocycles. The first-order valence-corrected chi connectivity index (χ1v) is 7.11. The molecule has 1 saturated heterocycles. The fourth-order valence-corrected chi connectivity index (χ4v) is 3.24. The summed E-state index contributed by atoms with van der Waals surface area (Å²) >= 11 is 1.39. The minimum Gasteiger partial charge on any atom is -0.465 e. The smallest absolute Gasteiger partial charge is 0.350 e. The third-order valence-corrected chi connectivity index (χ3v) is 4.24. The average molecular weight is 277 g/mol. The van der Waals surface area contributed by atoms with Crippen molar-refractivity contribution >= 4 is 17.3 Å². The largest absolute Gasteiger partial charge is 0.465 e. The molecule has 0 amide bonds. The lowest BCUT2D eigenvalue weighted by Crippen LogP contribution is -2.16. The van der Waals surface area contributed by atoms with Crippen LogP contribution in [0.25, 0.3) is 5.69 Å². The highest BCUT2D eigenvalue weighted by molar-refractivity contribution is 7.12. The molecule has 1 aliphatic rings. The van der Waals surface area contributed by atoms with Crippen molar-refractivity contribution in [2.75, 3.05) is 13.7 Å². The van der Waals surface area contributed by atoms with Gasteiger partial charge in [0.2, 0.25) is 0 Å². The molecule has 0 aliphatic carbocycles. The number of carbonyl (C=O) groups excluding carboxylic acids is 1. The molecule has 5 nitrogen and oxygen atoms in total. The van der Waals surface area contributed by atoms with Crippen molar-refractivity contribution < 1.29 is 9.53 Å². The van der Waals surface area contributed by atoms with Crippen molar-refractivity contribution in [1.29, 1.82) is 0 Å². The number of carbonyl (C=O) groups is 1. The number of methoxy groups -OCH3 is 1. The Hall–Kier alpha value is -1.66. The number of hydrogen-bond donors (Lipinski definition) is 1. The highest BCUT2D eigenvalue weighted by Gasteiger charge is 2.23. The molecule has 2 aromatic rings. The average Bonchev–Trinajstić information content (AvgIpc) is 3.14. The van der Waals surface area contributed by atoms with E-state index in [-0.39, 0.29) is 5.97 Å². The molecular weight excluding hydrogens is 262 g/mol. The summed E-state index contributed by atoms with van der Waals surface area (Å²) in [6.45, 7) is 1.03. The highest BCUT2D eigenvalue weighted by atomic mass is 32.1. The molecule has 2 aromatic heterocycles. The van der Waals surface area contributed by atoms with Crippen molar-refractivity contribution in [3.05, 3.63) is 34.5 Å². The van der Waals surface area contributed by atoms with Gasteiger partial charge in [-0.15, -0.1) is 11.3 Å². The van der Waals surface area contributed by atoms with Gasteiger partial charge in [0.05, 0.1) is 31.0 Å². The Balaban J connectivity index is 2.01. The fraction of sp³-hybridized carbons (Fsp3) is 0.385. The minimum absolute atomic E-state index is 0.302. The molecule has 0 radical (unpaired) electrons.